The fourth-order valence-electron chi connectivity index (χ4n) is 2.87. The van der Waals surface area contributed by atoms with Gasteiger partial charge in [-0.3, -0.25) is 9.59 Å². The highest BCUT2D eigenvalue weighted by atomic mass is 79.9. The van der Waals surface area contributed by atoms with E-state index in [2.05, 4.69) is 31.8 Å². The van der Waals surface area contributed by atoms with Crippen LogP contribution < -0.4 is 10.7 Å². The van der Waals surface area contributed by atoms with Crippen LogP contribution in [0.2, 0.25) is 10.0 Å². The number of hydrazone groups is 1. The molecule has 0 atom stereocenters. The number of nitrogens with one attached hydrogen (secondary N) is 2. The third kappa shape index (κ3) is 6.59. The fourth-order valence-corrected chi connectivity index (χ4v) is 3.62. The first kappa shape index (κ1) is 25.7. The summed E-state index contributed by atoms with van der Waals surface area (Å²) in [4.78, 5) is 25.3. The summed E-state index contributed by atoms with van der Waals surface area (Å²) < 4.78 is 39.0. The molecule has 0 radical (unpaired) electrons. The molecule has 3 aromatic carbocycles. The van der Waals surface area contributed by atoms with Gasteiger partial charge in [0.05, 0.1) is 28.1 Å². The highest BCUT2D eigenvalue weighted by molar-refractivity contribution is 9.08. The van der Waals surface area contributed by atoms with E-state index < -0.39 is 28.6 Å². The molecule has 0 aliphatic carbocycles. The molecule has 0 aliphatic heterocycles. The monoisotopic (exact) mass is 571 g/mol. The van der Waals surface area contributed by atoms with Gasteiger partial charge in [-0.05, 0) is 53.6 Å². The second kappa shape index (κ2) is 11.0. The number of amides is 2. The van der Waals surface area contributed by atoms with Gasteiger partial charge in [0.25, 0.3) is 11.8 Å². The predicted octanol–water partition coefficient (Wildman–Crippen LogP) is 6.92. The Labute approximate surface area is 211 Å². The number of carbonyl (C=O) groups excluding carboxylic acids is 2. The van der Waals surface area contributed by atoms with Crippen LogP contribution >= 0.6 is 39.1 Å². The number of anilines is 1. The molecule has 3 rings (SSSR count). The third-order valence-corrected chi connectivity index (χ3v) is 5.71. The Kier molecular flexibility index (Phi) is 8.35. The molecule has 0 unspecified atom stereocenters. The van der Waals surface area contributed by atoms with E-state index in [-0.39, 0.29) is 21.8 Å². The summed E-state index contributed by atoms with van der Waals surface area (Å²) in [6, 6.07) is 14.4. The molecule has 0 saturated carbocycles. The first-order valence-corrected chi connectivity index (χ1v) is 11.4. The van der Waals surface area contributed by atoms with Crippen molar-refractivity contribution in [2.45, 2.75) is 11.5 Å². The lowest BCUT2D eigenvalue weighted by Gasteiger charge is -2.11. The van der Waals surface area contributed by atoms with Gasteiger partial charge >= 0.3 is 6.18 Å². The van der Waals surface area contributed by atoms with E-state index in [9.17, 15) is 22.8 Å². The maximum atomic E-state index is 13.0. The van der Waals surface area contributed by atoms with Gasteiger partial charge < -0.3 is 5.32 Å². The summed E-state index contributed by atoms with van der Waals surface area (Å²) in [5, 5.41) is 6.72. The standard InChI is InChI=1S/C23H15BrCl2F3N3O2/c24-11-13-2-1-3-15(8-13)21(33)31-20-7-5-16(25)10-17(20)22(34)32-30-12-14-4-6-19(26)18(9-14)23(27,28)29/h1-10,12H,11H2,(H,31,33)(H,32,34). The Balaban J connectivity index is 1.78. The number of alkyl halides is 4. The topological polar surface area (TPSA) is 70.6 Å². The van der Waals surface area contributed by atoms with E-state index >= 15 is 0 Å². The SMILES string of the molecule is O=C(Nc1ccc(Cl)cc1C(=O)NN=Cc1ccc(Cl)c(C(F)(F)F)c1)c1cccc(CBr)c1. The van der Waals surface area contributed by atoms with Crippen molar-refractivity contribution < 1.29 is 22.8 Å². The molecule has 5 nitrogen and oxygen atoms in total. The molecule has 11 heteroatoms. The van der Waals surface area contributed by atoms with Crippen molar-refractivity contribution in [3.8, 4) is 0 Å². The fraction of sp³-hybridized carbons (Fsp3) is 0.0870. The van der Waals surface area contributed by atoms with Gasteiger partial charge in [0, 0.05) is 15.9 Å². The molecule has 0 aliphatic rings. The van der Waals surface area contributed by atoms with E-state index in [1.165, 1.54) is 24.3 Å². The Morgan fingerprint density at radius 2 is 1.76 bits per heavy atom. The number of rotatable bonds is 6. The van der Waals surface area contributed by atoms with Crippen molar-refractivity contribution in [1.29, 1.82) is 0 Å². The molecule has 0 bridgehead atoms. The summed E-state index contributed by atoms with van der Waals surface area (Å²) >= 11 is 14.9. The highest BCUT2D eigenvalue weighted by Gasteiger charge is 2.33. The minimum Gasteiger partial charge on any atom is -0.321 e. The Hall–Kier alpha value is -2.88. The van der Waals surface area contributed by atoms with Crippen LogP contribution in [-0.2, 0) is 11.5 Å². The van der Waals surface area contributed by atoms with E-state index in [0.29, 0.717) is 10.9 Å². The number of hydrogen-bond acceptors (Lipinski definition) is 3. The number of benzene rings is 3. The average Bonchev–Trinajstić information content (AvgIpc) is 2.80. The molecule has 0 saturated heterocycles. The predicted molar refractivity (Wildman–Crippen MR) is 130 cm³/mol. The molecule has 2 amide bonds. The van der Waals surface area contributed by atoms with Crippen molar-refractivity contribution in [2.24, 2.45) is 5.10 Å². The third-order valence-electron chi connectivity index (χ3n) is 4.49. The normalized spacial score (nSPS) is 11.5. The molecular formula is C23H15BrCl2F3N3O2. The first-order valence-electron chi connectivity index (χ1n) is 9.54. The van der Waals surface area contributed by atoms with Crippen LogP contribution in [0.15, 0.2) is 65.8 Å². The molecule has 2 N–H and O–H groups in total. The average molecular weight is 573 g/mol. The molecule has 3 aromatic rings. The number of halogens is 6. The lowest BCUT2D eigenvalue weighted by Crippen LogP contribution is -2.21. The van der Waals surface area contributed by atoms with E-state index in [1.807, 2.05) is 6.07 Å². The minimum atomic E-state index is -4.63. The van der Waals surface area contributed by atoms with Gasteiger partial charge in [-0.15, -0.1) is 0 Å². The molecule has 0 fully saturated rings. The molecule has 0 aromatic heterocycles. The molecule has 0 heterocycles. The Morgan fingerprint density at radius 1 is 1.00 bits per heavy atom. The zero-order valence-electron chi connectivity index (χ0n) is 17.1. The van der Waals surface area contributed by atoms with Crippen LogP contribution in [0.4, 0.5) is 18.9 Å². The maximum Gasteiger partial charge on any atom is 0.417 e. The molecule has 34 heavy (non-hydrogen) atoms. The molecule has 176 valence electrons. The minimum absolute atomic E-state index is 0.0155. The van der Waals surface area contributed by atoms with Gasteiger partial charge in [0.15, 0.2) is 0 Å². The highest BCUT2D eigenvalue weighted by Crippen LogP contribution is 2.34. The second-order valence-electron chi connectivity index (χ2n) is 6.91. The lowest BCUT2D eigenvalue weighted by molar-refractivity contribution is -0.137. The lowest BCUT2D eigenvalue weighted by atomic mass is 10.1. The second-order valence-corrected chi connectivity index (χ2v) is 8.32. The number of hydrogen-bond donors (Lipinski definition) is 2. The smallest absolute Gasteiger partial charge is 0.321 e. The first-order chi connectivity index (χ1) is 16.1. The van der Waals surface area contributed by atoms with Crippen molar-refractivity contribution >= 4 is 62.8 Å². The Bertz CT molecular complexity index is 1270. The summed E-state index contributed by atoms with van der Waals surface area (Å²) in [6.07, 6.45) is -3.59. The van der Waals surface area contributed by atoms with Gasteiger partial charge in [-0.2, -0.15) is 18.3 Å². The van der Waals surface area contributed by atoms with Crippen LogP contribution in [0.5, 0.6) is 0 Å². The van der Waals surface area contributed by atoms with Crippen LogP contribution in [0, 0.1) is 0 Å². The number of carbonyl (C=O) groups is 2. The maximum absolute atomic E-state index is 13.0. The van der Waals surface area contributed by atoms with Crippen LogP contribution in [0.3, 0.4) is 0 Å². The quantitative estimate of drug-likeness (QED) is 0.191. The van der Waals surface area contributed by atoms with Crippen molar-refractivity contribution in [3.63, 3.8) is 0 Å². The Morgan fingerprint density at radius 3 is 2.47 bits per heavy atom. The van der Waals surface area contributed by atoms with Crippen LogP contribution in [0.1, 0.15) is 37.4 Å². The summed E-state index contributed by atoms with van der Waals surface area (Å²) in [7, 11) is 0. The molecular weight excluding hydrogens is 558 g/mol. The van der Waals surface area contributed by atoms with Gasteiger partial charge in [-0.1, -0.05) is 57.3 Å². The van der Waals surface area contributed by atoms with Crippen LogP contribution in [0.25, 0.3) is 0 Å². The van der Waals surface area contributed by atoms with Crippen molar-refractivity contribution in [2.75, 3.05) is 5.32 Å². The van der Waals surface area contributed by atoms with Crippen molar-refractivity contribution in [1.82, 2.24) is 5.43 Å². The zero-order valence-corrected chi connectivity index (χ0v) is 20.2. The number of nitrogens with zero attached hydrogens (tertiary/aromatic N) is 1. The van der Waals surface area contributed by atoms with Crippen molar-refractivity contribution in [3.05, 3.63) is 98.5 Å². The largest absolute Gasteiger partial charge is 0.417 e. The molecule has 0 spiro atoms. The zero-order chi connectivity index (χ0) is 24.9. The summed E-state index contributed by atoms with van der Waals surface area (Å²) in [6.45, 7) is 0. The van der Waals surface area contributed by atoms with E-state index in [0.717, 1.165) is 23.9 Å². The summed E-state index contributed by atoms with van der Waals surface area (Å²) in [5.41, 5.74) is 2.75. The van der Waals surface area contributed by atoms with Gasteiger partial charge in [0.2, 0.25) is 0 Å². The summed E-state index contributed by atoms with van der Waals surface area (Å²) in [5.74, 6) is -1.17. The van der Waals surface area contributed by atoms with E-state index in [4.69, 9.17) is 23.2 Å². The van der Waals surface area contributed by atoms with Crippen LogP contribution in [-0.4, -0.2) is 18.0 Å². The van der Waals surface area contributed by atoms with Gasteiger partial charge in [0.1, 0.15) is 0 Å². The van der Waals surface area contributed by atoms with E-state index in [1.54, 1.807) is 18.2 Å². The van der Waals surface area contributed by atoms with Gasteiger partial charge in [-0.25, -0.2) is 5.43 Å².